The summed E-state index contributed by atoms with van der Waals surface area (Å²) in [5.74, 6) is 1.58. The van der Waals surface area contributed by atoms with Gasteiger partial charge in [-0.1, -0.05) is 24.3 Å². The van der Waals surface area contributed by atoms with Crippen molar-refractivity contribution in [3.63, 3.8) is 0 Å². The molecule has 40 heavy (non-hydrogen) atoms. The number of rotatable bonds is 10. The lowest BCUT2D eigenvalue weighted by molar-refractivity contribution is -0.118. The maximum Gasteiger partial charge on any atom is 0.415 e. The van der Waals surface area contributed by atoms with Gasteiger partial charge in [0.1, 0.15) is 18.5 Å². The summed E-state index contributed by atoms with van der Waals surface area (Å²) in [5, 5.41) is 6.11. The summed E-state index contributed by atoms with van der Waals surface area (Å²) in [5.41, 5.74) is 3.04. The van der Waals surface area contributed by atoms with Gasteiger partial charge in [-0.3, -0.25) is 14.6 Å². The Hall–Kier alpha value is -4.22. The number of nitrogens with one attached hydrogen (secondary N) is 2. The fourth-order valence-electron chi connectivity index (χ4n) is 4.92. The zero-order valence-corrected chi connectivity index (χ0v) is 22.3. The van der Waals surface area contributed by atoms with Gasteiger partial charge in [-0.05, 0) is 62.8 Å². The number of ether oxygens (including phenoxy) is 3. The van der Waals surface area contributed by atoms with Crippen molar-refractivity contribution >= 4 is 23.6 Å². The highest BCUT2D eigenvalue weighted by atomic mass is 16.6. The fourth-order valence-corrected chi connectivity index (χ4v) is 4.92. The third-order valence-electron chi connectivity index (χ3n) is 7.39. The van der Waals surface area contributed by atoms with Gasteiger partial charge in [0, 0.05) is 24.2 Å². The topological polar surface area (TPSA) is 118 Å². The van der Waals surface area contributed by atoms with E-state index in [9.17, 15) is 9.59 Å². The number of likely N-dealkylation sites (tertiary alicyclic amines) is 1. The van der Waals surface area contributed by atoms with Crippen LogP contribution in [0.25, 0.3) is 11.3 Å². The Balaban J connectivity index is 0.987. The van der Waals surface area contributed by atoms with Crippen molar-refractivity contribution in [2.24, 2.45) is 0 Å². The van der Waals surface area contributed by atoms with Gasteiger partial charge in [-0.25, -0.2) is 14.8 Å². The normalized spacial score (nSPS) is 20.3. The molecule has 1 aromatic carbocycles. The molecular weight excluding hydrogens is 512 g/mol. The number of nitrogens with zero attached hydrogens (tertiary/aromatic N) is 4. The Kier molecular flexibility index (Phi) is 7.47. The van der Waals surface area contributed by atoms with E-state index in [2.05, 4.69) is 39.7 Å². The second kappa shape index (κ2) is 11.5. The summed E-state index contributed by atoms with van der Waals surface area (Å²) in [6, 6.07) is 18.0. The van der Waals surface area contributed by atoms with Gasteiger partial charge in [0.05, 0.1) is 12.2 Å². The molecule has 2 aromatic heterocycles. The molecule has 0 bridgehead atoms. The second-order valence-corrected chi connectivity index (χ2v) is 10.2. The number of anilines is 2. The molecule has 3 aromatic rings. The molecule has 2 fully saturated rings. The maximum absolute atomic E-state index is 12.5. The van der Waals surface area contributed by atoms with E-state index in [1.165, 1.54) is 4.90 Å². The first-order valence-electron chi connectivity index (χ1n) is 13.5. The van der Waals surface area contributed by atoms with Crippen LogP contribution < -0.4 is 25.0 Å². The SMILES string of the molecule is CN1CC[C@H]1COc1cccc(-c2cccc(CNCC[C@H]3CN(c4ccc5c(n4)NC(=O)CO5)C(=O)O3)c2)n1. The van der Waals surface area contributed by atoms with E-state index < -0.39 is 6.09 Å². The van der Waals surface area contributed by atoms with Crippen LogP contribution in [-0.4, -0.2) is 78.9 Å². The van der Waals surface area contributed by atoms with Crippen LogP contribution in [0.3, 0.4) is 0 Å². The van der Waals surface area contributed by atoms with E-state index in [-0.39, 0.29) is 18.6 Å². The van der Waals surface area contributed by atoms with Gasteiger partial charge >= 0.3 is 6.09 Å². The average molecular weight is 545 g/mol. The van der Waals surface area contributed by atoms with Crippen LogP contribution in [0, 0.1) is 0 Å². The number of aromatic nitrogens is 2. The fraction of sp³-hybridized carbons (Fsp3) is 0.379. The van der Waals surface area contributed by atoms with Crippen molar-refractivity contribution in [2.45, 2.75) is 31.5 Å². The zero-order valence-electron chi connectivity index (χ0n) is 22.3. The van der Waals surface area contributed by atoms with Crippen molar-refractivity contribution in [3.05, 3.63) is 60.2 Å². The largest absolute Gasteiger partial charge is 0.480 e. The predicted octanol–water partition coefficient (Wildman–Crippen LogP) is 3.06. The number of likely N-dealkylation sites (N-methyl/N-ethyl adjacent to an activating group) is 1. The molecule has 11 heteroatoms. The summed E-state index contributed by atoms with van der Waals surface area (Å²) in [6.07, 6.45) is 1.10. The third-order valence-corrected chi connectivity index (χ3v) is 7.39. The number of amides is 2. The first-order chi connectivity index (χ1) is 19.5. The van der Waals surface area contributed by atoms with Crippen LogP contribution in [0.2, 0.25) is 0 Å². The highest BCUT2D eigenvalue weighted by Gasteiger charge is 2.33. The van der Waals surface area contributed by atoms with Crippen LogP contribution in [0.5, 0.6) is 11.6 Å². The highest BCUT2D eigenvalue weighted by Crippen LogP contribution is 2.30. The number of hydrogen-bond acceptors (Lipinski definition) is 9. The van der Waals surface area contributed by atoms with Crippen LogP contribution in [0.4, 0.5) is 16.4 Å². The lowest BCUT2D eigenvalue weighted by atomic mass is 10.1. The summed E-state index contributed by atoms with van der Waals surface area (Å²) in [7, 11) is 2.11. The molecule has 11 nitrogen and oxygen atoms in total. The van der Waals surface area contributed by atoms with E-state index in [0.717, 1.165) is 29.8 Å². The van der Waals surface area contributed by atoms with Crippen LogP contribution in [0.1, 0.15) is 18.4 Å². The molecule has 5 heterocycles. The van der Waals surface area contributed by atoms with Gasteiger partial charge < -0.3 is 24.8 Å². The molecule has 2 atom stereocenters. The number of benzene rings is 1. The maximum atomic E-state index is 12.5. The van der Waals surface area contributed by atoms with Crippen molar-refractivity contribution in [2.75, 3.05) is 50.1 Å². The van der Waals surface area contributed by atoms with Crippen molar-refractivity contribution < 1.29 is 23.8 Å². The number of pyridine rings is 2. The van der Waals surface area contributed by atoms with E-state index >= 15 is 0 Å². The van der Waals surface area contributed by atoms with Crippen LogP contribution >= 0.6 is 0 Å². The molecule has 0 saturated carbocycles. The lowest BCUT2D eigenvalue weighted by Gasteiger charge is -2.37. The van der Waals surface area contributed by atoms with Gasteiger partial charge in [-0.2, -0.15) is 0 Å². The minimum Gasteiger partial charge on any atom is -0.480 e. The smallest absolute Gasteiger partial charge is 0.415 e. The third kappa shape index (κ3) is 5.85. The molecule has 6 rings (SSSR count). The molecule has 0 radical (unpaired) electrons. The molecule has 0 aliphatic carbocycles. The molecule has 0 spiro atoms. The first kappa shape index (κ1) is 26.0. The summed E-state index contributed by atoms with van der Waals surface area (Å²) >= 11 is 0. The molecular formula is C29H32N6O5. The minimum atomic E-state index is -0.452. The molecule has 2 N–H and O–H groups in total. The second-order valence-electron chi connectivity index (χ2n) is 10.2. The molecule has 0 unspecified atom stereocenters. The number of cyclic esters (lactones) is 1. The molecule has 2 amide bonds. The highest BCUT2D eigenvalue weighted by molar-refractivity contribution is 5.95. The van der Waals surface area contributed by atoms with Crippen LogP contribution in [-0.2, 0) is 16.1 Å². The summed E-state index contributed by atoms with van der Waals surface area (Å²) < 4.78 is 16.8. The molecule has 208 valence electrons. The number of carbonyl (C=O) groups is 2. The Bertz CT molecular complexity index is 1400. The predicted molar refractivity (Wildman–Crippen MR) is 149 cm³/mol. The lowest BCUT2D eigenvalue weighted by Crippen LogP contribution is -2.48. The average Bonchev–Trinajstić information content (AvgIpc) is 3.34. The van der Waals surface area contributed by atoms with Gasteiger partial charge in [-0.15, -0.1) is 0 Å². The molecule has 3 aliphatic heterocycles. The van der Waals surface area contributed by atoms with E-state index in [1.807, 2.05) is 30.3 Å². The molecule has 3 aliphatic rings. The number of hydrogen-bond donors (Lipinski definition) is 2. The number of carbonyl (C=O) groups excluding carboxylic acids is 2. The van der Waals surface area contributed by atoms with Gasteiger partial charge in [0.15, 0.2) is 18.2 Å². The minimum absolute atomic E-state index is 0.0449. The van der Waals surface area contributed by atoms with E-state index in [4.69, 9.17) is 19.2 Å². The summed E-state index contributed by atoms with van der Waals surface area (Å²) in [4.78, 5) is 36.9. The Morgan fingerprint density at radius 2 is 2.02 bits per heavy atom. The standard InChI is InChI=1S/C29H32N6O5/c1-34-13-11-21(34)17-39-27-7-3-6-23(31-27)20-5-2-4-19(14-20)15-30-12-10-22-16-35(29(37)40-22)25-9-8-24-28(32-25)33-26(36)18-38-24/h2-9,14,21-22,30H,10-13,15-18H2,1H3,(H,32,33,36)/t21-,22-/m0/s1. The van der Waals surface area contributed by atoms with Crippen molar-refractivity contribution in [1.29, 1.82) is 0 Å². The monoisotopic (exact) mass is 544 g/mol. The van der Waals surface area contributed by atoms with Gasteiger partial charge in [0.25, 0.3) is 5.91 Å². The van der Waals surface area contributed by atoms with Gasteiger partial charge in [0.2, 0.25) is 5.88 Å². The van der Waals surface area contributed by atoms with E-state index in [1.54, 1.807) is 12.1 Å². The van der Waals surface area contributed by atoms with Crippen molar-refractivity contribution in [3.8, 4) is 22.9 Å². The van der Waals surface area contributed by atoms with Crippen molar-refractivity contribution in [1.82, 2.24) is 20.2 Å². The number of fused-ring (bicyclic) bond motifs is 1. The Morgan fingerprint density at radius 3 is 2.88 bits per heavy atom. The Morgan fingerprint density at radius 1 is 1.12 bits per heavy atom. The Labute approximate surface area is 232 Å². The zero-order chi connectivity index (χ0) is 27.5. The van der Waals surface area contributed by atoms with E-state index in [0.29, 0.717) is 62.0 Å². The summed E-state index contributed by atoms with van der Waals surface area (Å²) in [6.45, 7) is 3.47. The molecule has 2 saturated heterocycles. The first-order valence-corrected chi connectivity index (χ1v) is 13.5. The quantitative estimate of drug-likeness (QED) is 0.371. The van der Waals surface area contributed by atoms with Crippen LogP contribution in [0.15, 0.2) is 54.6 Å².